The van der Waals surface area contributed by atoms with Crippen molar-refractivity contribution < 1.29 is 9.47 Å². The van der Waals surface area contributed by atoms with Crippen molar-refractivity contribution in [1.82, 2.24) is 18.7 Å². The van der Waals surface area contributed by atoms with Gasteiger partial charge in [0.15, 0.2) is 17.0 Å². The molecule has 1 aliphatic carbocycles. The van der Waals surface area contributed by atoms with Gasteiger partial charge in [-0.15, -0.1) is 0 Å². The molecule has 0 bridgehead atoms. The molecule has 1 saturated carbocycles. The molecule has 0 N–H and O–H groups in total. The van der Waals surface area contributed by atoms with Crippen LogP contribution < -0.4 is 11.2 Å². The summed E-state index contributed by atoms with van der Waals surface area (Å²) < 4.78 is 16.2. The Balaban J connectivity index is 1.87. The fraction of sp³-hybridized carbons (Fsp3) is 0.706. The molecule has 4 rings (SSSR count). The van der Waals surface area contributed by atoms with Crippen molar-refractivity contribution in [1.29, 1.82) is 0 Å². The van der Waals surface area contributed by atoms with Crippen molar-refractivity contribution in [3.63, 3.8) is 0 Å². The lowest BCUT2D eigenvalue weighted by Crippen LogP contribution is -2.41. The summed E-state index contributed by atoms with van der Waals surface area (Å²) in [5.41, 5.74) is 0.428. The van der Waals surface area contributed by atoms with Gasteiger partial charge in [-0.25, -0.2) is 9.78 Å². The van der Waals surface area contributed by atoms with Gasteiger partial charge in [0.25, 0.3) is 5.56 Å². The van der Waals surface area contributed by atoms with Crippen molar-refractivity contribution in [3.05, 3.63) is 27.2 Å². The number of ether oxygens (including phenoxy) is 2. The fourth-order valence-electron chi connectivity index (χ4n) is 3.45. The van der Waals surface area contributed by atoms with Gasteiger partial charge >= 0.3 is 5.69 Å². The van der Waals surface area contributed by atoms with E-state index in [9.17, 15) is 9.59 Å². The van der Waals surface area contributed by atoms with E-state index in [4.69, 9.17) is 9.47 Å². The molecule has 3 heterocycles. The third-order valence-electron chi connectivity index (χ3n) is 4.93. The number of hydrogen-bond acceptors (Lipinski definition) is 5. The van der Waals surface area contributed by atoms with Gasteiger partial charge in [0, 0.05) is 12.6 Å². The Hall–Kier alpha value is -1.93. The van der Waals surface area contributed by atoms with Crippen LogP contribution in [0.3, 0.4) is 0 Å². The third-order valence-corrected chi connectivity index (χ3v) is 4.93. The number of hydrogen-bond donors (Lipinski definition) is 0. The van der Waals surface area contributed by atoms with Gasteiger partial charge in [-0.1, -0.05) is 13.3 Å². The zero-order valence-corrected chi connectivity index (χ0v) is 14.7. The first kappa shape index (κ1) is 16.5. The standard InChI is InChI=1S/C17H24N4O4/c1-3-4-7-20-15(22)13-14(21(16(20)23)12-5-6-12)18-11-19(13)10-17(2)24-8-9-25-17/h11-12H,3-10H2,1-2H3. The van der Waals surface area contributed by atoms with Crippen molar-refractivity contribution in [2.45, 2.75) is 64.4 Å². The number of nitrogens with zero attached hydrogens (tertiary/aromatic N) is 4. The lowest BCUT2D eigenvalue weighted by molar-refractivity contribution is -0.151. The fourth-order valence-corrected chi connectivity index (χ4v) is 3.45. The smallest absolute Gasteiger partial charge is 0.332 e. The highest BCUT2D eigenvalue weighted by molar-refractivity contribution is 5.70. The lowest BCUT2D eigenvalue weighted by atomic mass is 10.3. The molecule has 0 aromatic carbocycles. The normalized spacial score (nSPS) is 19.8. The van der Waals surface area contributed by atoms with Gasteiger partial charge in [0.05, 0.1) is 26.1 Å². The van der Waals surface area contributed by atoms with Gasteiger partial charge < -0.3 is 14.0 Å². The van der Waals surface area contributed by atoms with Gasteiger partial charge in [-0.2, -0.15) is 0 Å². The number of fused-ring (bicyclic) bond motifs is 1. The van der Waals surface area contributed by atoms with Crippen molar-refractivity contribution >= 4 is 11.2 Å². The van der Waals surface area contributed by atoms with Crippen LogP contribution in [-0.2, 0) is 22.6 Å². The largest absolute Gasteiger partial charge is 0.346 e. The molecule has 136 valence electrons. The Kier molecular flexibility index (Phi) is 4.04. The zero-order valence-electron chi connectivity index (χ0n) is 14.7. The molecule has 0 radical (unpaired) electrons. The number of rotatable bonds is 6. The molecule has 2 aromatic heterocycles. The van der Waals surface area contributed by atoms with E-state index in [0.29, 0.717) is 37.5 Å². The summed E-state index contributed by atoms with van der Waals surface area (Å²) in [6, 6.07) is 0.154. The van der Waals surface area contributed by atoms with Crippen LogP contribution in [0.15, 0.2) is 15.9 Å². The van der Waals surface area contributed by atoms with Crippen molar-refractivity contribution in [2.75, 3.05) is 13.2 Å². The van der Waals surface area contributed by atoms with E-state index < -0.39 is 5.79 Å². The molecule has 8 heteroatoms. The molecule has 1 saturated heterocycles. The van der Waals surface area contributed by atoms with Crippen LogP contribution in [0.5, 0.6) is 0 Å². The maximum atomic E-state index is 13.0. The van der Waals surface area contributed by atoms with Crippen molar-refractivity contribution in [2.24, 2.45) is 0 Å². The van der Waals surface area contributed by atoms with Crippen LogP contribution in [0.4, 0.5) is 0 Å². The van der Waals surface area contributed by atoms with E-state index in [2.05, 4.69) is 4.98 Å². The Morgan fingerprint density at radius 3 is 2.64 bits per heavy atom. The first-order valence-electron chi connectivity index (χ1n) is 9.02. The zero-order chi connectivity index (χ0) is 17.6. The second-order valence-corrected chi connectivity index (χ2v) is 7.07. The summed E-state index contributed by atoms with van der Waals surface area (Å²) in [6.45, 7) is 5.79. The maximum Gasteiger partial charge on any atom is 0.332 e. The van der Waals surface area contributed by atoms with Gasteiger partial charge in [0.2, 0.25) is 0 Å². The van der Waals surface area contributed by atoms with Gasteiger partial charge in [0.1, 0.15) is 0 Å². The molecule has 8 nitrogen and oxygen atoms in total. The molecule has 0 spiro atoms. The summed E-state index contributed by atoms with van der Waals surface area (Å²) in [6.07, 6.45) is 5.25. The predicted octanol–water partition coefficient (Wildman–Crippen LogP) is 1.26. The molecular formula is C17H24N4O4. The second-order valence-electron chi connectivity index (χ2n) is 7.07. The minimum atomic E-state index is -0.769. The summed E-state index contributed by atoms with van der Waals surface area (Å²) in [5.74, 6) is -0.769. The van der Waals surface area contributed by atoms with E-state index in [0.717, 1.165) is 25.7 Å². The first-order valence-corrected chi connectivity index (χ1v) is 9.02. The quantitative estimate of drug-likeness (QED) is 0.785. The Morgan fingerprint density at radius 2 is 2.00 bits per heavy atom. The van der Waals surface area contributed by atoms with Crippen LogP contribution in [0.25, 0.3) is 11.2 Å². The highest BCUT2D eigenvalue weighted by Crippen LogP contribution is 2.35. The Labute approximate surface area is 145 Å². The predicted molar refractivity (Wildman–Crippen MR) is 91.7 cm³/mol. The summed E-state index contributed by atoms with van der Waals surface area (Å²) in [5, 5.41) is 0. The SMILES string of the molecule is CCCCn1c(=O)c2c(ncn2CC2(C)OCCO2)n(C2CC2)c1=O. The monoisotopic (exact) mass is 348 g/mol. The minimum Gasteiger partial charge on any atom is -0.346 e. The molecule has 0 atom stereocenters. The molecule has 2 fully saturated rings. The van der Waals surface area contributed by atoms with Crippen LogP contribution in [0, 0.1) is 0 Å². The molecule has 0 unspecified atom stereocenters. The van der Waals surface area contributed by atoms with E-state index >= 15 is 0 Å². The Morgan fingerprint density at radius 1 is 1.28 bits per heavy atom. The number of unbranched alkanes of at least 4 members (excludes halogenated alkanes) is 1. The summed E-state index contributed by atoms with van der Waals surface area (Å²) in [4.78, 5) is 30.3. The summed E-state index contributed by atoms with van der Waals surface area (Å²) in [7, 11) is 0. The van der Waals surface area contributed by atoms with Crippen LogP contribution in [0.2, 0.25) is 0 Å². The highest BCUT2D eigenvalue weighted by atomic mass is 16.7. The van der Waals surface area contributed by atoms with Gasteiger partial charge in [-0.05, 0) is 26.2 Å². The molecule has 2 aromatic rings. The van der Waals surface area contributed by atoms with E-state index in [1.807, 2.05) is 13.8 Å². The van der Waals surface area contributed by atoms with Crippen LogP contribution in [0.1, 0.15) is 45.6 Å². The topological polar surface area (TPSA) is 80.3 Å². The maximum absolute atomic E-state index is 13.0. The van der Waals surface area contributed by atoms with Crippen LogP contribution in [-0.4, -0.2) is 37.7 Å². The van der Waals surface area contributed by atoms with E-state index in [-0.39, 0.29) is 17.3 Å². The number of aromatic nitrogens is 4. The summed E-state index contributed by atoms with van der Waals surface area (Å²) >= 11 is 0. The minimum absolute atomic E-state index is 0.154. The first-order chi connectivity index (χ1) is 12.0. The second kappa shape index (κ2) is 6.10. The third kappa shape index (κ3) is 2.83. The highest BCUT2D eigenvalue weighted by Gasteiger charge is 2.34. The average Bonchev–Trinajstić information content (AvgIpc) is 3.19. The van der Waals surface area contributed by atoms with Gasteiger partial charge in [-0.3, -0.25) is 13.9 Å². The average molecular weight is 348 g/mol. The number of imidazole rings is 1. The molecule has 0 amide bonds. The molecule has 1 aliphatic heterocycles. The van der Waals surface area contributed by atoms with E-state index in [1.165, 1.54) is 4.57 Å². The van der Waals surface area contributed by atoms with Crippen molar-refractivity contribution in [3.8, 4) is 0 Å². The molecular weight excluding hydrogens is 324 g/mol. The Bertz CT molecular complexity index is 900. The lowest BCUT2D eigenvalue weighted by Gasteiger charge is -2.23. The van der Waals surface area contributed by atoms with Crippen LogP contribution >= 0.6 is 0 Å². The molecule has 2 aliphatic rings. The molecule has 25 heavy (non-hydrogen) atoms. The van der Waals surface area contributed by atoms with E-state index in [1.54, 1.807) is 15.5 Å².